The number of nitrogens with zero attached hydrogens (tertiary/aromatic N) is 2. The summed E-state index contributed by atoms with van der Waals surface area (Å²) in [5.41, 5.74) is -1.40. The number of aromatic nitrogens is 1. The molecule has 148 valence electrons. The van der Waals surface area contributed by atoms with E-state index in [1.54, 1.807) is 4.90 Å². The van der Waals surface area contributed by atoms with Gasteiger partial charge in [0.2, 0.25) is 5.43 Å². The minimum Gasteiger partial charge on any atom is -0.477 e. The molecule has 1 aromatic carbocycles. The van der Waals surface area contributed by atoms with Crippen molar-refractivity contribution in [1.29, 1.82) is 0 Å². The topological polar surface area (TPSA) is 74.6 Å². The van der Waals surface area contributed by atoms with Crippen LogP contribution in [0.2, 0.25) is 0 Å². The maximum atomic E-state index is 15.6. The third-order valence-electron chi connectivity index (χ3n) is 6.27. The fraction of sp³-hybridized carbons (Fsp3) is 0.500. The van der Waals surface area contributed by atoms with Gasteiger partial charge in [0.1, 0.15) is 17.1 Å². The first kappa shape index (κ1) is 17.6. The summed E-state index contributed by atoms with van der Waals surface area (Å²) in [5, 5.41) is 12.5. The highest BCUT2D eigenvalue weighted by Crippen LogP contribution is 2.40. The molecule has 28 heavy (non-hydrogen) atoms. The summed E-state index contributed by atoms with van der Waals surface area (Å²) in [5.74, 6) is -2.62. The predicted octanol–water partition coefficient (Wildman–Crippen LogP) is 2.50. The Kier molecular flexibility index (Phi) is 3.94. The van der Waals surface area contributed by atoms with Crippen molar-refractivity contribution in [2.45, 2.75) is 37.8 Å². The third-order valence-corrected chi connectivity index (χ3v) is 6.27. The van der Waals surface area contributed by atoms with E-state index < -0.39 is 28.6 Å². The van der Waals surface area contributed by atoms with Gasteiger partial charge in [-0.1, -0.05) is 0 Å². The minimum absolute atomic E-state index is 0.0109. The van der Waals surface area contributed by atoms with Crippen molar-refractivity contribution in [2.24, 2.45) is 5.92 Å². The zero-order chi connectivity index (χ0) is 19.6. The molecule has 2 atom stereocenters. The Balaban J connectivity index is 1.70. The molecule has 1 aliphatic carbocycles. The molecule has 0 unspecified atom stereocenters. The van der Waals surface area contributed by atoms with Crippen LogP contribution in [0.15, 0.2) is 17.1 Å². The number of benzene rings is 1. The molecule has 8 heteroatoms. The molecular weight excluding hydrogens is 368 g/mol. The number of carbonyl (C=O) groups is 1. The molecule has 2 N–H and O–H groups in total. The van der Waals surface area contributed by atoms with Gasteiger partial charge in [-0.15, -0.1) is 0 Å². The molecule has 1 aromatic heterocycles. The number of carboxylic acids is 1. The number of hydrogen-bond donors (Lipinski definition) is 2. The van der Waals surface area contributed by atoms with Crippen molar-refractivity contribution in [1.82, 2.24) is 9.88 Å². The second-order valence-corrected chi connectivity index (χ2v) is 8.10. The van der Waals surface area contributed by atoms with Crippen molar-refractivity contribution in [2.75, 3.05) is 24.5 Å². The van der Waals surface area contributed by atoms with Crippen molar-refractivity contribution in [3.63, 3.8) is 0 Å². The number of piperidine rings is 1. The maximum absolute atomic E-state index is 15.6. The van der Waals surface area contributed by atoms with E-state index in [1.807, 2.05) is 0 Å². The van der Waals surface area contributed by atoms with Gasteiger partial charge in [-0.2, -0.15) is 0 Å². The molecule has 0 bridgehead atoms. The highest BCUT2D eigenvalue weighted by molar-refractivity contribution is 5.94. The number of hydrogen-bond acceptors (Lipinski definition) is 4. The predicted molar refractivity (Wildman–Crippen MR) is 100 cm³/mol. The van der Waals surface area contributed by atoms with E-state index in [2.05, 4.69) is 5.32 Å². The van der Waals surface area contributed by atoms with Gasteiger partial charge < -0.3 is 19.9 Å². The Morgan fingerprint density at radius 2 is 2.00 bits per heavy atom. The number of pyridine rings is 1. The second-order valence-electron chi connectivity index (χ2n) is 8.10. The van der Waals surface area contributed by atoms with E-state index in [-0.39, 0.29) is 28.7 Å². The molecule has 5 rings (SSSR count). The largest absolute Gasteiger partial charge is 0.477 e. The third kappa shape index (κ3) is 2.62. The standard InChI is InChI=1S/C20H21F2N3O3/c21-14-6-12-17(25(11-3-4-11)8-13(19(12)26)20(27)28)16(22)18(14)24-7-10-2-1-5-23-15(10)9-24/h6,8,10-11,15,23H,1-5,7,9H2,(H,27,28)/t10-,15-/m1/s1. The molecule has 3 fully saturated rings. The fourth-order valence-electron chi connectivity index (χ4n) is 4.74. The molecular formula is C20H21F2N3O3. The van der Waals surface area contributed by atoms with Gasteiger partial charge >= 0.3 is 5.97 Å². The first-order chi connectivity index (χ1) is 13.5. The average molecular weight is 389 g/mol. The minimum atomic E-state index is -1.39. The van der Waals surface area contributed by atoms with Crippen LogP contribution in [0, 0.1) is 17.6 Å². The van der Waals surface area contributed by atoms with Gasteiger partial charge in [0.25, 0.3) is 0 Å². The normalized spacial score (nSPS) is 24.6. The molecule has 2 saturated heterocycles. The Hall–Kier alpha value is -2.48. The molecule has 0 spiro atoms. The van der Waals surface area contributed by atoms with Gasteiger partial charge in [-0.05, 0) is 44.2 Å². The first-order valence-corrected chi connectivity index (χ1v) is 9.74. The maximum Gasteiger partial charge on any atom is 0.341 e. The van der Waals surface area contributed by atoms with Gasteiger partial charge in [-0.3, -0.25) is 4.79 Å². The van der Waals surface area contributed by atoms with E-state index in [0.717, 1.165) is 38.3 Å². The Morgan fingerprint density at radius 1 is 1.21 bits per heavy atom. The molecule has 3 aliphatic rings. The van der Waals surface area contributed by atoms with E-state index in [1.165, 1.54) is 10.8 Å². The molecule has 0 radical (unpaired) electrons. The van der Waals surface area contributed by atoms with Crippen LogP contribution in [0.5, 0.6) is 0 Å². The lowest BCUT2D eigenvalue weighted by atomic mass is 9.94. The second kappa shape index (κ2) is 6.27. The fourth-order valence-corrected chi connectivity index (χ4v) is 4.74. The molecule has 1 saturated carbocycles. The van der Waals surface area contributed by atoms with E-state index >= 15 is 4.39 Å². The quantitative estimate of drug-likeness (QED) is 0.844. The lowest BCUT2D eigenvalue weighted by molar-refractivity contribution is 0.0695. The van der Waals surface area contributed by atoms with Crippen LogP contribution in [-0.2, 0) is 0 Å². The van der Waals surface area contributed by atoms with Crippen LogP contribution in [0.4, 0.5) is 14.5 Å². The summed E-state index contributed by atoms with van der Waals surface area (Å²) in [7, 11) is 0. The number of anilines is 1. The van der Waals surface area contributed by atoms with Crippen molar-refractivity contribution < 1.29 is 18.7 Å². The number of halogens is 2. The van der Waals surface area contributed by atoms with E-state index in [9.17, 15) is 19.1 Å². The Labute approximate surface area is 159 Å². The van der Waals surface area contributed by atoms with Crippen LogP contribution in [0.3, 0.4) is 0 Å². The van der Waals surface area contributed by atoms with Crippen LogP contribution in [0.25, 0.3) is 10.9 Å². The first-order valence-electron chi connectivity index (χ1n) is 9.74. The van der Waals surface area contributed by atoms with Gasteiger partial charge in [0.15, 0.2) is 5.82 Å². The van der Waals surface area contributed by atoms with Crippen molar-refractivity contribution >= 4 is 22.6 Å². The lowest BCUT2D eigenvalue weighted by Gasteiger charge is -2.24. The smallest absolute Gasteiger partial charge is 0.341 e. The molecule has 2 aromatic rings. The van der Waals surface area contributed by atoms with Gasteiger partial charge in [0, 0.05) is 31.4 Å². The van der Waals surface area contributed by atoms with Crippen molar-refractivity contribution in [3.05, 3.63) is 39.7 Å². The van der Waals surface area contributed by atoms with Gasteiger partial charge in [-0.25, -0.2) is 13.6 Å². The molecule has 2 aliphatic heterocycles. The van der Waals surface area contributed by atoms with Gasteiger partial charge in [0.05, 0.1) is 10.9 Å². The van der Waals surface area contributed by atoms with Crippen LogP contribution < -0.4 is 15.6 Å². The number of rotatable bonds is 3. The van der Waals surface area contributed by atoms with Crippen LogP contribution >= 0.6 is 0 Å². The number of nitrogens with one attached hydrogen (secondary N) is 1. The lowest BCUT2D eigenvalue weighted by Crippen LogP contribution is -2.40. The highest BCUT2D eigenvalue weighted by atomic mass is 19.1. The number of fused-ring (bicyclic) bond motifs is 2. The Morgan fingerprint density at radius 3 is 2.68 bits per heavy atom. The Bertz CT molecular complexity index is 1030. The van der Waals surface area contributed by atoms with Crippen LogP contribution in [-0.4, -0.2) is 41.3 Å². The summed E-state index contributed by atoms with van der Waals surface area (Å²) in [4.78, 5) is 25.7. The summed E-state index contributed by atoms with van der Waals surface area (Å²) in [6.45, 7) is 2.00. The zero-order valence-corrected chi connectivity index (χ0v) is 15.3. The van der Waals surface area contributed by atoms with Crippen molar-refractivity contribution in [3.8, 4) is 0 Å². The van der Waals surface area contributed by atoms with E-state index in [0.29, 0.717) is 19.0 Å². The highest BCUT2D eigenvalue weighted by Gasteiger charge is 2.38. The molecule has 0 amide bonds. The zero-order valence-electron chi connectivity index (χ0n) is 15.3. The number of aromatic carboxylic acids is 1. The monoisotopic (exact) mass is 389 g/mol. The summed E-state index contributed by atoms with van der Waals surface area (Å²) >= 11 is 0. The SMILES string of the molecule is O=C(O)c1cn(C2CC2)c2c(F)c(N3C[C@H]4CCCN[C@@H]4C3)c(F)cc2c1=O. The van der Waals surface area contributed by atoms with Crippen LogP contribution in [0.1, 0.15) is 42.1 Å². The summed E-state index contributed by atoms with van der Waals surface area (Å²) < 4.78 is 32.1. The molecule has 6 nitrogen and oxygen atoms in total. The summed E-state index contributed by atoms with van der Waals surface area (Å²) in [6, 6.07) is 1.16. The van der Waals surface area contributed by atoms with E-state index in [4.69, 9.17) is 0 Å². The molecule has 3 heterocycles. The number of carboxylic acid groups (broad SMARTS) is 1. The average Bonchev–Trinajstić information content (AvgIpc) is 3.41. The summed E-state index contributed by atoms with van der Waals surface area (Å²) in [6.07, 6.45) is 4.85.